The second-order valence-corrected chi connectivity index (χ2v) is 7.53. The van der Waals surface area contributed by atoms with Gasteiger partial charge in [0.15, 0.2) is 11.2 Å². The molecule has 0 radical (unpaired) electrons. The summed E-state index contributed by atoms with van der Waals surface area (Å²) in [5.74, 6) is 0.983. The van der Waals surface area contributed by atoms with Crippen LogP contribution in [-0.4, -0.2) is 32.0 Å². The van der Waals surface area contributed by atoms with E-state index >= 15 is 0 Å². The molecule has 0 fully saturated rings. The largest absolute Gasteiger partial charge is 0.496 e. The van der Waals surface area contributed by atoms with Crippen LogP contribution in [0.15, 0.2) is 49.5 Å². The highest BCUT2D eigenvalue weighted by molar-refractivity contribution is 9.10. The van der Waals surface area contributed by atoms with Crippen molar-refractivity contribution in [2.75, 3.05) is 12.5 Å². The van der Waals surface area contributed by atoms with Gasteiger partial charge in [-0.05, 0) is 25.1 Å². The van der Waals surface area contributed by atoms with Gasteiger partial charge in [-0.2, -0.15) is 10.1 Å². The van der Waals surface area contributed by atoms with Crippen LogP contribution in [0.4, 0.5) is 5.95 Å². The highest BCUT2D eigenvalue weighted by Gasteiger charge is 2.19. The predicted molar refractivity (Wildman–Crippen MR) is 117 cm³/mol. The summed E-state index contributed by atoms with van der Waals surface area (Å²) < 4.78 is 10.3. The number of halogens is 1. The number of hydrazone groups is 1. The number of nitrogens with zero attached hydrogens (tertiary/aromatic N) is 5. The number of allylic oxidation sites excluding steroid dienone is 1. The number of rotatable bonds is 6. The van der Waals surface area contributed by atoms with Gasteiger partial charge in [0.25, 0.3) is 5.56 Å². The molecule has 0 aliphatic carbocycles. The molecule has 0 aliphatic heterocycles. The van der Waals surface area contributed by atoms with Crippen molar-refractivity contribution in [2.24, 2.45) is 19.2 Å². The van der Waals surface area contributed by atoms with Gasteiger partial charge in [-0.3, -0.25) is 18.5 Å². The number of fused-ring (bicyclic) bond motifs is 1. The lowest BCUT2D eigenvalue weighted by Crippen LogP contribution is -2.37. The van der Waals surface area contributed by atoms with Gasteiger partial charge in [0.2, 0.25) is 5.95 Å². The average molecular weight is 461 g/mol. The Labute approximate surface area is 175 Å². The van der Waals surface area contributed by atoms with Gasteiger partial charge in [0.1, 0.15) is 5.75 Å². The summed E-state index contributed by atoms with van der Waals surface area (Å²) in [5.41, 5.74) is 4.14. The number of aryl methyl sites for hydroxylation is 1. The minimum atomic E-state index is -0.448. The van der Waals surface area contributed by atoms with Crippen LogP contribution >= 0.6 is 15.9 Å². The van der Waals surface area contributed by atoms with E-state index in [1.165, 1.54) is 11.6 Å². The van der Waals surface area contributed by atoms with Gasteiger partial charge >= 0.3 is 5.69 Å². The Balaban J connectivity index is 2.10. The molecule has 0 unspecified atom stereocenters. The van der Waals surface area contributed by atoms with Crippen molar-refractivity contribution >= 4 is 39.3 Å². The molecule has 9 nitrogen and oxygen atoms in total. The Hall–Kier alpha value is -3.14. The van der Waals surface area contributed by atoms with E-state index in [2.05, 4.69) is 38.0 Å². The molecule has 3 rings (SSSR count). The van der Waals surface area contributed by atoms with E-state index in [9.17, 15) is 9.59 Å². The number of imidazole rings is 1. The molecule has 3 aromatic rings. The monoisotopic (exact) mass is 460 g/mol. The third-order valence-electron chi connectivity index (χ3n) is 4.34. The van der Waals surface area contributed by atoms with Gasteiger partial charge in [-0.25, -0.2) is 10.2 Å². The fraction of sp³-hybridized carbons (Fsp3) is 0.263. The Morgan fingerprint density at radius 2 is 2.07 bits per heavy atom. The van der Waals surface area contributed by atoms with E-state index in [1.807, 2.05) is 25.1 Å². The van der Waals surface area contributed by atoms with Crippen LogP contribution in [0.2, 0.25) is 0 Å². The van der Waals surface area contributed by atoms with Crippen molar-refractivity contribution < 1.29 is 4.74 Å². The molecule has 29 heavy (non-hydrogen) atoms. The van der Waals surface area contributed by atoms with Crippen molar-refractivity contribution in [1.82, 2.24) is 18.7 Å². The van der Waals surface area contributed by atoms with Crippen LogP contribution in [0, 0.1) is 0 Å². The molecule has 152 valence electrons. The van der Waals surface area contributed by atoms with Crippen molar-refractivity contribution in [1.29, 1.82) is 0 Å². The summed E-state index contributed by atoms with van der Waals surface area (Å²) in [5, 5.41) is 4.24. The summed E-state index contributed by atoms with van der Waals surface area (Å²) in [6.45, 7) is 6.11. The lowest BCUT2D eigenvalue weighted by Gasteiger charge is -2.09. The predicted octanol–water partition coefficient (Wildman–Crippen LogP) is 2.23. The first-order valence-electron chi connectivity index (χ1n) is 8.67. The van der Waals surface area contributed by atoms with Gasteiger partial charge in [0, 0.05) is 30.7 Å². The zero-order valence-electron chi connectivity index (χ0n) is 16.6. The molecule has 0 amide bonds. The smallest absolute Gasteiger partial charge is 0.332 e. The average Bonchev–Trinajstić information content (AvgIpc) is 3.02. The molecule has 2 aromatic heterocycles. The molecule has 0 spiro atoms. The minimum Gasteiger partial charge on any atom is -0.496 e. The highest BCUT2D eigenvalue weighted by atomic mass is 79.9. The molecule has 0 bridgehead atoms. The van der Waals surface area contributed by atoms with Gasteiger partial charge in [0.05, 0.1) is 13.3 Å². The summed E-state index contributed by atoms with van der Waals surface area (Å²) in [7, 11) is 4.59. The molecule has 0 saturated heterocycles. The zero-order chi connectivity index (χ0) is 21.3. The second-order valence-electron chi connectivity index (χ2n) is 6.61. The first-order valence-corrected chi connectivity index (χ1v) is 9.47. The third kappa shape index (κ3) is 3.88. The zero-order valence-corrected chi connectivity index (χ0v) is 18.1. The molecular weight excluding hydrogens is 440 g/mol. The Morgan fingerprint density at radius 1 is 1.34 bits per heavy atom. The van der Waals surface area contributed by atoms with Gasteiger partial charge in [-0.1, -0.05) is 28.1 Å². The van der Waals surface area contributed by atoms with Gasteiger partial charge in [-0.15, -0.1) is 0 Å². The Bertz CT molecular complexity index is 1250. The van der Waals surface area contributed by atoms with Crippen LogP contribution < -0.4 is 21.4 Å². The molecular formula is C19H21BrN6O3. The standard InChI is InChI=1S/C19H21BrN6O3/c1-11(2)10-26-15-16(24(3)19(28)25(4)17(15)27)22-18(26)23-21-9-12-8-13(20)6-7-14(12)29-5/h6-9H,1,10H2,2-5H3,(H,22,23). The number of anilines is 1. The maximum absolute atomic E-state index is 12.7. The molecule has 0 atom stereocenters. The minimum absolute atomic E-state index is 0.275. The molecule has 1 aromatic carbocycles. The first kappa shape index (κ1) is 20.6. The SMILES string of the molecule is C=C(C)Cn1c(NN=Cc2cc(Br)ccc2OC)nc2c1c(=O)n(C)c(=O)n2C. The number of benzene rings is 1. The second kappa shape index (κ2) is 8.08. The number of aromatic nitrogens is 4. The molecule has 10 heteroatoms. The Morgan fingerprint density at radius 3 is 2.72 bits per heavy atom. The molecule has 1 N–H and O–H groups in total. The van der Waals surface area contributed by atoms with E-state index in [0.717, 1.165) is 20.2 Å². The topological polar surface area (TPSA) is 95.4 Å². The van der Waals surface area contributed by atoms with Crippen molar-refractivity contribution in [3.8, 4) is 5.75 Å². The highest BCUT2D eigenvalue weighted by Crippen LogP contribution is 2.22. The van der Waals surface area contributed by atoms with E-state index in [0.29, 0.717) is 23.8 Å². The van der Waals surface area contributed by atoms with Crippen molar-refractivity contribution in [2.45, 2.75) is 13.5 Å². The number of hydrogen-bond donors (Lipinski definition) is 1. The first-order chi connectivity index (χ1) is 13.7. The number of nitrogens with one attached hydrogen (secondary N) is 1. The summed E-state index contributed by atoms with van der Waals surface area (Å²) in [6, 6.07) is 5.55. The summed E-state index contributed by atoms with van der Waals surface area (Å²) in [4.78, 5) is 29.4. The maximum atomic E-state index is 12.7. The lowest BCUT2D eigenvalue weighted by molar-refractivity contribution is 0.414. The summed E-state index contributed by atoms with van der Waals surface area (Å²) in [6.07, 6.45) is 1.59. The third-order valence-corrected chi connectivity index (χ3v) is 4.83. The fourth-order valence-corrected chi connectivity index (χ4v) is 3.30. The quantitative estimate of drug-likeness (QED) is 0.345. The van der Waals surface area contributed by atoms with Crippen LogP contribution in [-0.2, 0) is 20.6 Å². The lowest BCUT2D eigenvalue weighted by atomic mass is 10.2. The Kier molecular flexibility index (Phi) is 5.73. The van der Waals surface area contributed by atoms with E-state index < -0.39 is 11.2 Å². The van der Waals surface area contributed by atoms with Crippen LogP contribution in [0.25, 0.3) is 11.2 Å². The number of ether oxygens (including phenoxy) is 1. The molecule has 0 aliphatic rings. The normalized spacial score (nSPS) is 11.3. The van der Waals surface area contributed by atoms with E-state index in [4.69, 9.17) is 4.74 Å². The van der Waals surface area contributed by atoms with Crippen LogP contribution in [0.1, 0.15) is 12.5 Å². The maximum Gasteiger partial charge on any atom is 0.332 e. The fourth-order valence-electron chi connectivity index (χ4n) is 2.92. The van der Waals surface area contributed by atoms with E-state index in [-0.39, 0.29) is 5.65 Å². The number of hydrogen-bond acceptors (Lipinski definition) is 6. The molecule has 0 saturated carbocycles. The van der Waals surface area contributed by atoms with Crippen LogP contribution in [0.5, 0.6) is 5.75 Å². The van der Waals surface area contributed by atoms with Crippen molar-refractivity contribution in [3.05, 3.63) is 61.2 Å². The van der Waals surface area contributed by atoms with Crippen LogP contribution in [0.3, 0.4) is 0 Å². The molecule has 2 heterocycles. The van der Waals surface area contributed by atoms with Crippen molar-refractivity contribution in [3.63, 3.8) is 0 Å². The van der Waals surface area contributed by atoms with E-state index in [1.54, 1.807) is 24.9 Å². The van der Waals surface area contributed by atoms with Gasteiger partial charge < -0.3 is 4.74 Å². The summed E-state index contributed by atoms with van der Waals surface area (Å²) >= 11 is 3.42. The number of methoxy groups -OCH3 is 1.